The van der Waals surface area contributed by atoms with Crippen LogP contribution in [0.4, 0.5) is 10.3 Å². The molecular weight excluding hydrogens is 396 g/mol. The number of hydrogen-bond acceptors (Lipinski definition) is 8. The van der Waals surface area contributed by atoms with E-state index in [1.807, 2.05) is 39.8 Å². The number of hydrogen-bond donors (Lipinski definition) is 2. The van der Waals surface area contributed by atoms with E-state index < -0.39 is 0 Å². The zero-order valence-corrected chi connectivity index (χ0v) is 18.4. The van der Waals surface area contributed by atoms with Crippen LogP contribution in [0, 0.1) is 0 Å². The SMILES string of the molecule is CC(=O)N(NC(C)C)c1nc2cc3nc(N(NC(C)C)C(C)=O)sc3cc2s1. The average molecular weight is 421 g/mol. The van der Waals surface area contributed by atoms with Crippen molar-refractivity contribution < 1.29 is 9.59 Å². The lowest BCUT2D eigenvalue weighted by atomic mass is 10.3. The minimum absolute atomic E-state index is 0.106. The zero-order chi connectivity index (χ0) is 20.6. The van der Waals surface area contributed by atoms with Gasteiger partial charge in [-0.15, -0.1) is 0 Å². The topological polar surface area (TPSA) is 90.5 Å². The van der Waals surface area contributed by atoms with Gasteiger partial charge >= 0.3 is 0 Å². The second-order valence-electron chi connectivity index (χ2n) is 7.06. The third kappa shape index (κ3) is 4.30. The van der Waals surface area contributed by atoms with E-state index in [4.69, 9.17) is 0 Å². The molecular formula is C18H24N6O2S2. The fourth-order valence-electron chi connectivity index (χ4n) is 2.59. The highest BCUT2D eigenvalue weighted by Crippen LogP contribution is 2.35. The monoisotopic (exact) mass is 420 g/mol. The molecule has 0 aliphatic heterocycles. The van der Waals surface area contributed by atoms with Crippen molar-refractivity contribution >= 4 is 65.2 Å². The number of fused-ring (bicyclic) bond motifs is 2. The van der Waals surface area contributed by atoms with Crippen molar-refractivity contribution in [3.8, 4) is 0 Å². The number of carbonyl (C=O) groups is 2. The highest BCUT2D eigenvalue weighted by atomic mass is 32.1. The van der Waals surface area contributed by atoms with Gasteiger partial charge in [-0.2, -0.15) is 0 Å². The number of aromatic nitrogens is 2. The highest BCUT2D eigenvalue weighted by molar-refractivity contribution is 7.24. The van der Waals surface area contributed by atoms with Crippen molar-refractivity contribution in [3.05, 3.63) is 12.1 Å². The molecule has 2 heterocycles. The van der Waals surface area contributed by atoms with Crippen LogP contribution in [0.2, 0.25) is 0 Å². The molecule has 2 amide bonds. The van der Waals surface area contributed by atoms with Gasteiger partial charge in [0.1, 0.15) is 0 Å². The van der Waals surface area contributed by atoms with Crippen LogP contribution in [0.3, 0.4) is 0 Å². The summed E-state index contributed by atoms with van der Waals surface area (Å²) in [6.07, 6.45) is 0. The fraction of sp³-hybridized carbons (Fsp3) is 0.444. The van der Waals surface area contributed by atoms with Gasteiger partial charge in [0.2, 0.25) is 22.1 Å². The lowest BCUT2D eigenvalue weighted by molar-refractivity contribution is -0.118. The molecule has 0 radical (unpaired) electrons. The van der Waals surface area contributed by atoms with Crippen molar-refractivity contribution in [2.75, 3.05) is 10.0 Å². The number of anilines is 2. The molecule has 0 unspecified atom stereocenters. The summed E-state index contributed by atoms with van der Waals surface area (Å²) in [5.41, 5.74) is 7.77. The number of rotatable bonds is 6. The first kappa shape index (κ1) is 20.6. The maximum Gasteiger partial charge on any atom is 0.240 e. The van der Waals surface area contributed by atoms with Crippen LogP contribution in [0.5, 0.6) is 0 Å². The van der Waals surface area contributed by atoms with Crippen LogP contribution in [0.25, 0.3) is 20.4 Å². The van der Waals surface area contributed by atoms with Crippen LogP contribution in [-0.2, 0) is 9.59 Å². The molecule has 8 nitrogen and oxygen atoms in total. The van der Waals surface area contributed by atoms with E-state index in [0.717, 1.165) is 20.4 Å². The number of nitrogens with one attached hydrogen (secondary N) is 2. The number of thiazole rings is 2. The molecule has 0 atom stereocenters. The van der Waals surface area contributed by atoms with Gasteiger partial charge in [-0.3, -0.25) is 9.59 Å². The Balaban J connectivity index is 2.01. The van der Waals surface area contributed by atoms with E-state index >= 15 is 0 Å². The van der Waals surface area contributed by atoms with Gasteiger partial charge in [-0.25, -0.2) is 30.8 Å². The molecule has 2 N–H and O–H groups in total. The Labute approximate surface area is 171 Å². The first-order valence-electron chi connectivity index (χ1n) is 9.00. The van der Waals surface area contributed by atoms with E-state index in [9.17, 15) is 9.59 Å². The van der Waals surface area contributed by atoms with Gasteiger partial charge in [0.15, 0.2) is 0 Å². The van der Waals surface area contributed by atoms with Crippen LogP contribution in [-0.4, -0.2) is 33.9 Å². The Morgan fingerprint density at radius 3 is 1.54 bits per heavy atom. The molecule has 28 heavy (non-hydrogen) atoms. The Kier molecular flexibility index (Phi) is 5.94. The van der Waals surface area contributed by atoms with E-state index in [-0.39, 0.29) is 23.9 Å². The lowest BCUT2D eigenvalue weighted by Gasteiger charge is -2.21. The molecule has 150 valence electrons. The molecule has 0 aliphatic carbocycles. The van der Waals surface area contributed by atoms with Gasteiger partial charge in [0.25, 0.3) is 0 Å². The molecule has 0 aliphatic rings. The summed E-state index contributed by atoms with van der Waals surface area (Å²) < 4.78 is 1.92. The van der Waals surface area contributed by atoms with Gasteiger partial charge < -0.3 is 0 Å². The summed E-state index contributed by atoms with van der Waals surface area (Å²) in [5, 5.41) is 4.15. The number of nitrogens with zero attached hydrogens (tertiary/aromatic N) is 4. The second-order valence-corrected chi connectivity index (χ2v) is 9.08. The normalized spacial score (nSPS) is 11.7. The first-order valence-corrected chi connectivity index (χ1v) is 10.6. The van der Waals surface area contributed by atoms with Gasteiger partial charge in [0.05, 0.1) is 20.4 Å². The summed E-state index contributed by atoms with van der Waals surface area (Å²) in [5.74, 6) is -0.237. The summed E-state index contributed by atoms with van der Waals surface area (Å²) in [7, 11) is 0. The third-order valence-electron chi connectivity index (χ3n) is 3.66. The molecule has 0 spiro atoms. The molecule has 0 saturated heterocycles. The Hall–Kier alpha value is -2.14. The predicted octanol–water partition coefficient (Wildman–Crippen LogP) is 3.44. The van der Waals surface area contributed by atoms with Crippen molar-refractivity contribution in [1.29, 1.82) is 0 Å². The Morgan fingerprint density at radius 1 is 0.821 bits per heavy atom. The molecule has 0 saturated carbocycles. The standard InChI is InChI=1S/C18H24N6O2S2/c1-9(2)21-23(11(5)25)17-19-13-7-14-16(8-15(13)27-17)28-18(20-14)24(12(6)26)22-10(3)4/h7-10,21-22H,1-6H3. The predicted molar refractivity (Wildman–Crippen MR) is 116 cm³/mol. The largest absolute Gasteiger partial charge is 0.273 e. The quantitative estimate of drug-likeness (QED) is 0.594. The van der Waals surface area contributed by atoms with Crippen LogP contribution in [0.15, 0.2) is 12.1 Å². The Morgan fingerprint density at radius 2 is 1.21 bits per heavy atom. The number of amides is 2. The lowest BCUT2D eigenvalue weighted by Crippen LogP contribution is -2.45. The number of benzene rings is 1. The van der Waals surface area contributed by atoms with E-state index in [2.05, 4.69) is 20.8 Å². The van der Waals surface area contributed by atoms with Gasteiger partial charge in [0, 0.05) is 25.9 Å². The zero-order valence-electron chi connectivity index (χ0n) is 16.7. The average Bonchev–Trinajstić information content (AvgIpc) is 3.16. The smallest absolute Gasteiger partial charge is 0.240 e. The number of carbonyl (C=O) groups excluding carboxylic acids is 2. The van der Waals surface area contributed by atoms with Gasteiger partial charge in [-0.05, 0) is 39.8 Å². The maximum atomic E-state index is 12.0. The summed E-state index contributed by atoms with van der Waals surface area (Å²) in [4.78, 5) is 33.2. The van der Waals surface area contributed by atoms with E-state index in [0.29, 0.717) is 10.3 Å². The minimum atomic E-state index is -0.119. The van der Waals surface area contributed by atoms with Crippen LogP contribution < -0.4 is 20.9 Å². The molecule has 2 aromatic heterocycles. The summed E-state index contributed by atoms with van der Waals surface area (Å²) in [6, 6.07) is 4.12. The first-order chi connectivity index (χ1) is 13.2. The molecule has 0 fully saturated rings. The summed E-state index contributed by atoms with van der Waals surface area (Å²) in [6.45, 7) is 10.9. The van der Waals surface area contributed by atoms with Gasteiger partial charge in [-0.1, -0.05) is 22.7 Å². The fourth-order valence-corrected chi connectivity index (χ4v) is 4.67. The van der Waals surface area contributed by atoms with Crippen molar-refractivity contribution in [3.63, 3.8) is 0 Å². The minimum Gasteiger partial charge on any atom is -0.273 e. The van der Waals surface area contributed by atoms with Crippen molar-refractivity contribution in [2.45, 2.75) is 53.6 Å². The van der Waals surface area contributed by atoms with E-state index in [1.165, 1.54) is 46.5 Å². The molecule has 1 aromatic carbocycles. The molecule has 3 rings (SSSR count). The second kappa shape index (κ2) is 8.08. The number of hydrazine groups is 2. The summed E-state index contributed by atoms with van der Waals surface area (Å²) >= 11 is 2.88. The highest BCUT2D eigenvalue weighted by Gasteiger charge is 2.20. The maximum absolute atomic E-state index is 12.0. The van der Waals surface area contributed by atoms with E-state index in [1.54, 1.807) is 0 Å². The van der Waals surface area contributed by atoms with Crippen LogP contribution >= 0.6 is 22.7 Å². The molecule has 0 bridgehead atoms. The molecule has 3 aromatic rings. The molecule has 10 heteroatoms. The third-order valence-corrected chi connectivity index (χ3v) is 5.67. The van der Waals surface area contributed by atoms with Crippen molar-refractivity contribution in [1.82, 2.24) is 20.8 Å². The van der Waals surface area contributed by atoms with Crippen molar-refractivity contribution in [2.24, 2.45) is 0 Å². The van der Waals surface area contributed by atoms with Crippen LogP contribution in [0.1, 0.15) is 41.5 Å². The Bertz CT molecular complexity index is 897.